The first-order valence-corrected chi connectivity index (χ1v) is 21.1. The molecule has 306 valence electrons. The van der Waals surface area contributed by atoms with Crippen LogP contribution in [0.5, 0.6) is 17.4 Å². The molecule has 3 aliphatic rings. The molecule has 0 bridgehead atoms. The van der Waals surface area contributed by atoms with Gasteiger partial charge in [-0.15, -0.1) is 6.58 Å². The Hall–Kier alpha value is -5.34. The van der Waals surface area contributed by atoms with Gasteiger partial charge in [0.05, 0.1) is 32.2 Å². The van der Waals surface area contributed by atoms with Gasteiger partial charge in [0.1, 0.15) is 35.2 Å². The van der Waals surface area contributed by atoms with Gasteiger partial charge in [-0.05, 0) is 60.6 Å². The van der Waals surface area contributed by atoms with E-state index >= 15 is 0 Å². The van der Waals surface area contributed by atoms with Crippen LogP contribution in [0.2, 0.25) is 5.02 Å². The smallest absolute Gasteiger partial charge is 0.259 e. The van der Waals surface area contributed by atoms with Crippen molar-refractivity contribution in [2.24, 2.45) is 11.3 Å². The van der Waals surface area contributed by atoms with E-state index in [0.717, 1.165) is 11.1 Å². The Morgan fingerprint density at radius 3 is 2.36 bits per heavy atom. The van der Waals surface area contributed by atoms with Gasteiger partial charge in [0.2, 0.25) is 27.7 Å². The number of aromatic nitrogens is 1. The van der Waals surface area contributed by atoms with Gasteiger partial charge in [0, 0.05) is 45.5 Å². The Balaban J connectivity index is 1.20. The number of methoxy groups -OCH3 is 2. The van der Waals surface area contributed by atoms with E-state index in [2.05, 4.69) is 26.9 Å². The van der Waals surface area contributed by atoms with Crippen molar-refractivity contribution in [1.82, 2.24) is 19.9 Å². The summed E-state index contributed by atoms with van der Waals surface area (Å²) < 4.78 is 45.6. The zero-order valence-electron chi connectivity index (χ0n) is 33.1. The Kier molecular flexibility index (Phi) is 11.1. The number of carbonyl (C=O) groups is 3. The maximum Gasteiger partial charge on any atom is 0.259 e. The number of benzene rings is 3. The van der Waals surface area contributed by atoms with Crippen molar-refractivity contribution >= 4 is 55.8 Å². The summed E-state index contributed by atoms with van der Waals surface area (Å²) in [6.07, 6.45) is 3.46. The average Bonchev–Trinajstić information content (AvgIpc) is 4.13. The number of halogens is 1. The third kappa shape index (κ3) is 8.17. The van der Waals surface area contributed by atoms with Crippen LogP contribution >= 0.6 is 11.6 Å². The predicted octanol–water partition coefficient (Wildman–Crippen LogP) is 6.12. The quantitative estimate of drug-likeness (QED) is 0.126. The van der Waals surface area contributed by atoms with E-state index in [-0.39, 0.29) is 31.2 Å². The zero-order chi connectivity index (χ0) is 41.6. The lowest BCUT2D eigenvalue weighted by molar-refractivity contribution is -0.141. The first kappa shape index (κ1) is 40.8. The van der Waals surface area contributed by atoms with Crippen LogP contribution in [0.15, 0.2) is 85.6 Å². The molecule has 1 saturated heterocycles. The van der Waals surface area contributed by atoms with E-state index in [4.69, 9.17) is 25.8 Å². The lowest BCUT2D eigenvalue weighted by Gasteiger charge is -2.36. The van der Waals surface area contributed by atoms with E-state index in [1.165, 1.54) is 24.3 Å². The summed E-state index contributed by atoms with van der Waals surface area (Å²) in [7, 11) is -0.779. The van der Waals surface area contributed by atoms with Crippen LogP contribution in [0.25, 0.3) is 21.9 Å². The van der Waals surface area contributed by atoms with Crippen molar-refractivity contribution in [3.63, 3.8) is 0 Å². The number of ether oxygens (including phenoxy) is 3. The Morgan fingerprint density at radius 1 is 1.00 bits per heavy atom. The highest BCUT2D eigenvalue weighted by Gasteiger charge is 2.62. The molecule has 2 aliphatic carbocycles. The highest BCUT2D eigenvalue weighted by molar-refractivity contribution is 7.91. The molecule has 0 radical (unpaired) electrons. The minimum atomic E-state index is -3.90. The van der Waals surface area contributed by atoms with Crippen molar-refractivity contribution < 1.29 is 37.0 Å². The SMILES string of the molecule is C=C[C@@H]1C[C@]1(NC(=O)[C@@H]1C[C@@H](Oc2ncc(OC)c3ccc(Cl)cc23)CN1C(=O)C(Nc1ccc(-c2ccccc2)c(OC)c1)C(C)(C)C)C(=O)NS(=O)(=O)C1CC1. The molecule has 2 heterocycles. The van der Waals surface area contributed by atoms with Crippen molar-refractivity contribution in [3.05, 3.63) is 90.6 Å². The van der Waals surface area contributed by atoms with Gasteiger partial charge in [0.25, 0.3) is 5.91 Å². The number of hydrogen-bond donors (Lipinski definition) is 3. The maximum absolute atomic E-state index is 15.0. The first-order chi connectivity index (χ1) is 27.6. The van der Waals surface area contributed by atoms with Gasteiger partial charge < -0.3 is 29.7 Å². The van der Waals surface area contributed by atoms with Crippen LogP contribution in [-0.2, 0) is 24.4 Å². The molecule has 3 N–H and O–H groups in total. The van der Waals surface area contributed by atoms with Gasteiger partial charge in [0.15, 0.2) is 0 Å². The molecule has 3 aromatic carbocycles. The molecule has 58 heavy (non-hydrogen) atoms. The van der Waals surface area contributed by atoms with Crippen LogP contribution in [0.1, 0.15) is 46.5 Å². The largest absolute Gasteiger partial charge is 0.496 e. The number of hydrogen-bond acceptors (Lipinski definition) is 10. The van der Waals surface area contributed by atoms with Crippen LogP contribution in [0.4, 0.5) is 5.69 Å². The summed E-state index contributed by atoms with van der Waals surface area (Å²) in [6, 6.07) is 18.7. The van der Waals surface area contributed by atoms with Gasteiger partial charge in [-0.25, -0.2) is 13.4 Å². The van der Waals surface area contributed by atoms with Crippen LogP contribution < -0.4 is 29.6 Å². The average molecular weight is 830 g/mol. The molecule has 1 aromatic heterocycles. The number of nitrogens with zero attached hydrogens (tertiary/aromatic N) is 2. The summed E-state index contributed by atoms with van der Waals surface area (Å²) in [6.45, 7) is 9.58. The number of sulfonamides is 1. The summed E-state index contributed by atoms with van der Waals surface area (Å²) in [4.78, 5) is 49.1. The van der Waals surface area contributed by atoms with Crippen molar-refractivity contribution in [2.45, 2.75) is 75.4 Å². The molecule has 5 atom stereocenters. The normalized spacial score (nSPS) is 22.1. The third-order valence-electron chi connectivity index (χ3n) is 11.1. The first-order valence-electron chi connectivity index (χ1n) is 19.2. The molecular formula is C43H48ClN5O8S. The predicted molar refractivity (Wildman–Crippen MR) is 222 cm³/mol. The lowest BCUT2D eigenvalue weighted by atomic mass is 9.85. The molecule has 4 aromatic rings. The van der Waals surface area contributed by atoms with Crippen molar-refractivity contribution in [3.8, 4) is 28.5 Å². The summed E-state index contributed by atoms with van der Waals surface area (Å²) in [5.74, 6) is -0.985. The molecule has 2 saturated carbocycles. The maximum atomic E-state index is 15.0. The summed E-state index contributed by atoms with van der Waals surface area (Å²) in [5.41, 5.74) is 0.264. The van der Waals surface area contributed by atoms with Gasteiger partial charge in [-0.3, -0.25) is 19.1 Å². The fourth-order valence-corrected chi connectivity index (χ4v) is 9.13. The van der Waals surface area contributed by atoms with Gasteiger partial charge >= 0.3 is 0 Å². The number of pyridine rings is 1. The van der Waals surface area contributed by atoms with E-state index in [9.17, 15) is 22.8 Å². The second-order valence-electron chi connectivity index (χ2n) is 16.2. The minimum absolute atomic E-state index is 0.00262. The summed E-state index contributed by atoms with van der Waals surface area (Å²) in [5, 5.41) is 7.39. The van der Waals surface area contributed by atoms with Gasteiger partial charge in [-0.1, -0.05) is 68.8 Å². The highest BCUT2D eigenvalue weighted by Crippen LogP contribution is 2.46. The number of amides is 3. The topological polar surface area (TPSA) is 165 Å². The van der Waals surface area contributed by atoms with E-state index in [1.54, 1.807) is 25.3 Å². The van der Waals surface area contributed by atoms with Crippen LogP contribution in [0, 0.1) is 11.3 Å². The monoisotopic (exact) mass is 829 g/mol. The Bertz CT molecular complexity index is 2370. The molecular weight excluding hydrogens is 782 g/mol. The molecule has 15 heteroatoms. The van der Waals surface area contributed by atoms with E-state index in [1.807, 2.05) is 69.3 Å². The zero-order valence-corrected chi connectivity index (χ0v) is 34.7. The second kappa shape index (κ2) is 15.8. The molecule has 13 nitrogen and oxygen atoms in total. The standard InChI is InChI=1S/C43H48ClN5O8S/c1-7-26-22-43(26,41(52)48-58(53,54)30-15-16-30)47-38(50)34-21-29(57-39-33-19-27(44)13-17-32(33)36(56-6)23-45-39)24-49(34)40(51)37(42(2,3)4)46-28-14-18-31(35(20-28)55-5)25-11-9-8-10-12-25/h7-14,17-20,23,26,29-30,34,37,46H,1,15-16,21-22,24H2,2-6H3,(H,47,50)(H,48,52)/t26-,29-,34+,37?,43-/m1/s1. The number of likely N-dealkylation sites (tertiary alicyclic amines) is 1. The molecule has 1 aliphatic heterocycles. The minimum Gasteiger partial charge on any atom is -0.496 e. The Morgan fingerprint density at radius 2 is 1.72 bits per heavy atom. The molecule has 0 spiro atoms. The van der Waals surface area contributed by atoms with Crippen molar-refractivity contribution in [1.29, 1.82) is 0 Å². The number of anilines is 1. The van der Waals surface area contributed by atoms with Gasteiger partial charge in [-0.2, -0.15) is 0 Å². The Labute approximate surface area is 343 Å². The fourth-order valence-electron chi connectivity index (χ4n) is 7.59. The molecule has 7 rings (SSSR count). The van der Waals surface area contributed by atoms with Crippen molar-refractivity contribution in [2.75, 3.05) is 26.1 Å². The molecule has 3 fully saturated rings. The van der Waals surface area contributed by atoms with Crippen LogP contribution in [0.3, 0.4) is 0 Å². The highest BCUT2D eigenvalue weighted by atomic mass is 35.5. The molecule has 1 unspecified atom stereocenters. The summed E-state index contributed by atoms with van der Waals surface area (Å²) >= 11 is 6.39. The number of nitrogens with one attached hydrogen (secondary N) is 3. The van der Waals surface area contributed by atoms with Crippen LogP contribution in [-0.4, -0.2) is 85.8 Å². The lowest BCUT2D eigenvalue weighted by Crippen LogP contribution is -2.58. The van der Waals surface area contributed by atoms with E-state index in [0.29, 0.717) is 45.8 Å². The van der Waals surface area contributed by atoms with E-state index < -0.39 is 62.1 Å². The number of fused-ring (bicyclic) bond motifs is 1. The molecule has 3 amide bonds. The number of carbonyl (C=O) groups excluding carboxylic acids is 3. The third-order valence-corrected chi connectivity index (χ3v) is 13.1. The number of rotatable bonds is 14. The fraction of sp³-hybridized carbons (Fsp3) is 0.395. The second-order valence-corrected chi connectivity index (χ2v) is 18.6.